The van der Waals surface area contributed by atoms with Gasteiger partial charge in [-0.05, 0) is 64.3 Å². The van der Waals surface area contributed by atoms with Crippen LogP contribution in [0.5, 0.6) is 5.75 Å². The van der Waals surface area contributed by atoms with Crippen molar-refractivity contribution in [1.29, 1.82) is 0 Å². The molecular formula is C22H20BrN3O3. The topological polar surface area (TPSA) is 73.2 Å². The largest absolute Gasteiger partial charge is 0.487 e. The molecule has 3 aromatic rings. The molecule has 148 valence electrons. The number of ether oxygens (including phenoxy) is 1. The highest BCUT2D eigenvalue weighted by molar-refractivity contribution is 9.10. The summed E-state index contributed by atoms with van der Waals surface area (Å²) in [6.45, 7) is 2.02. The van der Waals surface area contributed by atoms with E-state index in [-0.39, 0.29) is 24.5 Å². The summed E-state index contributed by atoms with van der Waals surface area (Å²) in [7, 11) is 0. The predicted octanol–water partition coefficient (Wildman–Crippen LogP) is 3.11. The Kier molecular flexibility index (Phi) is 5.87. The number of hydrogen-bond acceptors (Lipinski definition) is 5. The SMILES string of the molecule is O=C(Cn1ccc(OCc2ccc(Br)cn2)cc1=O)c1ccc2c(c1)CCNC2. The maximum absolute atomic E-state index is 12.7. The van der Waals surface area contributed by atoms with Crippen LogP contribution >= 0.6 is 15.9 Å². The van der Waals surface area contributed by atoms with Crippen LogP contribution in [0.3, 0.4) is 0 Å². The molecule has 29 heavy (non-hydrogen) atoms. The Morgan fingerprint density at radius 2 is 2.07 bits per heavy atom. The van der Waals surface area contributed by atoms with Crippen LogP contribution in [0.15, 0.2) is 64.1 Å². The number of rotatable bonds is 6. The van der Waals surface area contributed by atoms with Crippen molar-refractivity contribution in [2.24, 2.45) is 0 Å². The summed E-state index contributed by atoms with van der Waals surface area (Å²) in [4.78, 5) is 29.3. The third-order valence-corrected chi connectivity index (χ3v) is 5.34. The molecule has 1 aliphatic heterocycles. The van der Waals surface area contributed by atoms with Crippen LogP contribution in [0.25, 0.3) is 0 Å². The van der Waals surface area contributed by atoms with Crippen LogP contribution in [-0.2, 0) is 26.1 Å². The van der Waals surface area contributed by atoms with Crippen molar-refractivity contribution < 1.29 is 9.53 Å². The average Bonchev–Trinajstić information content (AvgIpc) is 2.74. The maximum Gasteiger partial charge on any atom is 0.254 e. The fraction of sp³-hybridized carbons (Fsp3) is 0.227. The highest BCUT2D eigenvalue weighted by Crippen LogP contribution is 2.17. The lowest BCUT2D eigenvalue weighted by atomic mass is 9.97. The van der Waals surface area contributed by atoms with Gasteiger partial charge in [-0.3, -0.25) is 14.6 Å². The standard InChI is InChI=1S/C22H20BrN3O3/c23-18-3-4-19(25-12-18)14-29-20-6-8-26(22(28)10-20)13-21(27)16-1-2-17-11-24-7-5-15(17)9-16/h1-4,6,8-10,12,24H,5,7,11,13-14H2. The second-order valence-electron chi connectivity index (χ2n) is 6.92. The first-order valence-electron chi connectivity index (χ1n) is 9.38. The fourth-order valence-corrected chi connectivity index (χ4v) is 3.49. The van der Waals surface area contributed by atoms with Gasteiger partial charge in [-0.25, -0.2) is 0 Å². The molecule has 0 spiro atoms. The molecule has 3 heterocycles. The van der Waals surface area contributed by atoms with Crippen molar-refractivity contribution in [3.63, 3.8) is 0 Å². The maximum atomic E-state index is 12.7. The molecule has 0 aliphatic carbocycles. The van der Waals surface area contributed by atoms with Gasteiger partial charge < -0.3 is 14.6 Å². The first-order chi connectivity index (χ1) is 14.1. The third kappa shape index (κ3) is 4.81. The summed E-state index contributed by atoms with van der Waals surface area (Å²) >= 11 is 3.34. The lowest BCUT2D eigenvalue weighted by Gasteiger charge is -2.17. The number of fused-ring (bicyclic) bond motifs is 1. The third-order valence-electron chi connectivity index (χ3n) is 4.87. The molecule has 1 N–H and O–H groups in total. The van der Waals surface area contributed by atoms with Gasteiger partial charge in [-0.2, -0.15) is 0 Å². The molecule has 0 amide bonds. The number of nitrogens with one attached hydrogen (secondary N) is 1. The molecule has 7 heteroatoms. The number of Topliss-reactive ketones (excluding diaryl/α,β-unsaturated/α-hetero) is 1. The molecule has 0 saturated heterocycles. The van der Waals surface area contributed by atoms with E-state index in [0.717, 1.165) is 29.7 Å². The van der Waals surface area contributed by atoms with Crippen molar-refractivity contribution in [3.05, 3.63) is 92.1 Å². The van der Waals surface area contributed by atoms with Gasteiger partial charge >= 0.3 is 0 Å². The molecule has 2 aromatic heterocycles. The summed E-state index contributed by atoms with van der Waals surface area (Å²) in [5.74, 6) is 0.367. The smallest absolute Gasteiger partial charge is 0.254 e. The molecule has 1 aromatic carbocycles. The minimum absolute atomic E-state index is 0.00438. The fourth-order valence-electron chi connectivity index (χ4n) is 3.26. The number of benzene rings is 1. The van der Waals surface area contributed by atoms with Crippen LogP contribution in [0.2, 0.25) is 0 Å². The van der Waals surface area contributed by atoms with Crippen LogP contribution in [0.1, 0.15) is 27.2 Å². The Balaban J connectivity index is 1.42. The predicted molar refractivity (Wildman–Crippen MR) is 113 cm³/mol. The number of carbonyl (C=O) groups excluding carboxylic acids is 1. The average molecular weight is 454 g/mol. The Labute approximate surface area is 176 Å². The number of carbonyl (C=O) groups is 1. The quantitative estimate of drug-likeness (QED) is 0.580. The Morgan fingerprint density at radius 1 is 1.17 bits per heavy atom. The number of hydrogen-bond donors (Lipinski definition) is 1. The summed E-state index contributed by atoms with van der Waals surface area (Å²) in [6, 6.07) is 12.6. The lowest BCUT2D eigenvalue weighted by Crippen LogP contribution is -2.25. The zero-order chi connectivity index (χ0) is 20.2. The molecule has 1 aliphatic rings. The van der Waals surface area contributed by atoms with Crippen molar-refractivity contribution in [1.82, 2.24) is 14.9 Å². The van der Waals surface area contributed by atoms with Gasteiger partial charge in [0, 0.05) is 35.0 Å². The molecule has 0 atom stereocenters. The van der Waals surface area contributed by atoms with Gasteiger partial charge in [-0.15, -0.1) is 0 Å². The number of nitrogens with zero attached hydrogens (tertiary/aromatic N) is 2. The molecule has 0 bridgehead atoms. The zero-order valence-corrected chi connectivity index (χ0v) is 17.3. The molecule has 0 radical (unpaired) electrons. The Hall–Kier alpha value is -2.77. The van der Waals surface area contributed by atoms with Gasteiger partial charge in [0.25, 0.3) is 5.56 Å². The molecule has 0 unspecified atom stereocenters. The van der Waals surface area contributed by atoms with Gasteiger partial charge in [0.05, 0.1) is 12.2 Å². The van der Waals surface area contributed by atoms with Gasteiger partial charge in [0.2, 0.25) is 0 Å². The van der Waals surface area contributed by atoms with E-state index in [1.807, 2.05) is 30.3 Å². The number of halogens is 1. The van der Waals surface area contributed by atoms with Crippen molar-refractivity contribution in [2.75, 3.05) is 6.54 Å². The van der Waals surface area contributed by atoms with Crippen molar-refractivity contribution in [2.45, 2.75) is 26.1 Å². The zero-order valence-electron chi connectivity index (χ0n) is 15.7. The molecule has 0 fully saturated rings. The van der Waals surface area contributed by atoms with E-state index in [1.54, 1.807) is 18.5 Å². The molecular weight excluding hydrogens is 434 g/mol. The normalized spacial score (nSPS) is 13.0. The van der Waals surface area contributed by atoms with E-state index >= 15 is 0 Å². The second kappa shape index (κ2) is 8.71. The first kappa shape index (κ1) is 19.5. The first-order valence-corrected chi connectivity index (χ1v) is 10.2. The van der Waals surface area contributed by atoms with Crippen LogP contribution < -0.4 is 15.6 Å². The van der Waals surface area contributed by atoms with Crippen molar-refractivity contribution >= 4 is 21.7 Å². The van der Waals surface area contributed by atoms with E-state index in [2.05, 4.69) is 26.2 Å². The summed E-state index contributed by atoms with van der Waals surface area (Å²) in [5.41, 5.74) is 3.55. The summed E-state index contributed by atoms with van der Waals surface area (Å²) in [6.07, 6.45) is 4.20. The van der Waals surface area contributed by atoms with E-state index in [9.17, 15) is 9.59 Å². The van der Waals surface area contributed by atoms with Crippen LogP contribution in [0, 0.1) is 0 Å². The highest BCUT2D eigenvalue weighted by atomic mass is 79.9. The number of ketones is 1. The van der Waals surface area contributed by atoms with E-state index < -0.39 is 0 Å². The minimum Gasteiger partial charge on any atom is -0.487 e. The Bertz CT molecular complexity index is 1090. The molecule has 4 rings (SSSR count). The molecule has 6 nitrogen and oxygen atoms in total. The van der Waals surface area contributed by atoms with Crippen LogP contribution in [0.4, 0.5) is 0 Å². The number of aromatic nitrogens is 2. The van der Waals surface area contributed by atoms with Crippen LogP contribution in [-0.4, -0.2) is 21.9 Å². The summed E-state index contributed by atoms with van der Waals surface area (Å²) in [5, 5.41) is 3.32. The Morgan fingerprint density at radius 3 is 2.86 bits per heavy atom. The minimum atomic E-state index is -0.276. The van der Waals surface area contributed by atoms with Gasteiger partial charge in [0.15, 0.2) is 5.78 Å². The monoisotopic (exact) mass is 453 g/mol. The van der Waals surface area contributed by atoms with E-state index in [1.165, 1.54) is 21.8 Å². The number of pyridine rings is 2. The van der Waals surface area contributed by atoms with Crippen molar-refractivity contribution in [3.8, 4) is 5.75 Å². The van der Waals surface area contributed by atoms with Gasteiger partial charge in [0.1, 0.15) is 12.4 Å². The molecule has 0 saturated carbocycles. The second-order valence-corrected chi connectivity index (χ2v) is 7.83. The summed E-state index contributed by atoms with van der Waals surface area (Å²) < 4.78 is 7.93. The van der Waals surface area contributed by atoms with E-state index in [0.29, 0.717) is 11.3 Å². The van der Waals surface area contributed by atoms with Gasteiger partial charge in [-0.1, -0.05) is 12.1 Å². The van der Waals surface area contributed by atoms with E-state index in [4.69, 9.17) is 4.74 Å². The highest BCUT2D eigenvalue weighted by Gasteiger charge is 2.13. The lowest BCUT2D eigenvalue weighted by molar-refractivity contribution is 0.0970.